The number of pyridine rings is 2. The van der Waals surface area contributed by atoms with E-state index in [0.717, 1.165) is 22.3 Å². The summed E-state index contributed by atoms with van der Waals surface area (Å²) in [6, 6.07) is 16.6. The van der Waals surface area contributed by atoms with Crippen LogP contribution in [0.15, 0.2) is 84.8 Å². The summed E-state index contributed by atoms with van der Waals surface area (Å²) in [5.41, 5.74) is 7.05. The standard InChI is InChI=1S/C19H17Cl.C8H6N2/c1-12-10-19-16-9-7-14(20)11-13(16)6-8-18(19)17-5-3-2-4-15(12)17;1-2-7-6-9-5-3-8(7)10-4-1/h3,5-9,11-12H,2,4,10H2,1H3;1-6H. The molecule has 30 heavy (non-hydrogen) atoms. The summed E-state index contributed by atoms with van der Waals surface area (Å²) in [7, 11) is 0. The van der Waals surface area contributed by atoms with Crippen LogP contribution in [0.2, 0.25) is 5.02 Å². The summed E-state index contributed by atoms with van der Waals surface area (Å²) >= 11 is 6.12. The molecule has 2 aromatic heterocycles. The Kier molecular flexibility index (Phi) is 5.10. The molecule has 0 N–H and O–H groups in total. The second-order valence-electron chi connectivity index (χ2n) is 8.01. The number of hydrogen-bond donors (Lipinski definition) is 0. The molecule has 3 heteroatoms. The van der Waals surface area contributed by atoms with Gasteiger partial charge in [-0.1, -0.05) is 54.4 Å². The van der Waals surface area contributed by atoms with Gasteiger partial charge in [0.15, 0.2) is 0 Å². The number of fused-ring (bicyclic) bond motifs is 5. The molecule has 2 aliphatic rings. The molecule has 2 aliphatic carbocycles. The van der Waals surface area contributed by atoms with Crippen LogP contribution >= 0.6 is 11.6 Å². The largest absolute Gasteiger partial charge is 0.264 e. The van der Waals surface area contributed by atoms with E-state index < -0.39 is 0 Å². The third kappa shape index (κ3) is 3.53. The van der Waals surface area contributed by atoms with E-state index in [-0.39, 0.29) is 0 Å². The Morgan fingerprint density at radius 2 is 1.93 bits per heavy atom. The van der Waals surface area contributed by atoms with Gasteiger partial charge >= 0.3 is 0 Å². The second-order valence-corrected chi connectivity index (χ2v) is 8.45. The molecule has 148 valence electrons. The lowest BCUT2D eigenvalue weighted by atomic mass is 9.74. The van der Waals surface area contributed by atoms with Gasteiger partial charge in [-0.25, -0.2) is 0 Å². The molecule has 1 atom stereocenters. The molecule has 0 spiro atoms. The van der Waals surface area contributed by atoms with Crippen LogP contribution in [0.3, 0.4) is 0 Å². The molecule has 1 unspecified atom stereocenters. The van der Waals surface area contributed by atoms with Crippen molar-refractivity contribution < 1.29 is 0 Å². The van der Waals surface area contributed by atoms with Crippen LogP contribution < -0.4 is 0 Å². The van der Waals surface area contributed by atoms with Gasteiger partial charge in [-0.3, -0.25) is 9.97 Å². The van der Waals surface area contributed by atoms with E-state index in [0.29, 0.717) is 5.92 Å². The van der Waals surface area contributed by atoms with Gasteiger partial charge in [0.05, 0.1) is 5.52 Å². The fraction of sp³-hybridized carbons (Fsp3) is 0.185. The number of allylic oxidation sites excluding steroid dienone is 4. The van der Waals surface area contributed by atoms with Crippen LogP contribution in [-0.4, -0.2) is 9.97 Å². The van der Waals surface area contributed by atoms with Gasteiger partial charge in [-0.15, -0.1) is 0 Å². The molecule has 2 nitrogen and oxygen atoms in total. The first kappa shape index (κ1) is 19.0. The molecular formula is C27H23ClN2. The lowest BCUT2D eigenvalue weighted by molar-refractivity contribution is 0.634. The average Bonchev–Trinajstić information content (AvgIpc) is 2.79. The molecule has 0 fully saturated rings. The number of halogens is 1. The summed E-state index contributed by atoms with van der Waals surface area (Å²) in [4.78, 5) is 8.11. The fourth-order valence-corrected chi connectivity index (χ4v) is 4.82. The van der Waals surface area contributed by atoms with E-state index in [1.807, 2.05) is 30.5 Å². The SMILES string of the molecule is CC1Cc2c(ccc3cc(Cl)ccc23)C2=C1CCC=C2.c1cnc2ccncc2c1. The van der Waals surface area contributed by atoms with Crippen LogP contribution in [0.1, 0.15) is 30.9 Å². The van der Waals surface area contributed by atoms with Crippen molar-refractivity contribution in [3.63, 3.8) is 0 Å². The molecule has 2 aromatic carbocycles. The highest BCUT2D eigenvalue weighted by Crippen LogP contribution is 2.42. The van der Waals surface area contributed by atoms with Crippen molar-refractivity contribution in [2.75, 3.05) is 0 Å². The fourth-order valence-electron chi connectivity index (χ4n) is 4.64. The number of nitrogens with zero attached hydrogens (tertiary/aromatic N) is 2. The minimum atomic E-state index is 0.656. The van der Waals surface area contributed by atoms with Gasteiger partial charge in [0.25, 0.3) is 0 Å². The molecule has 2 heterocycles. The summed E-state index contributed by atoms with van der Waals surface area (Å²) in [5.74, 6) is 0.656. The maximum atomic E-state index is 6.12. The molecule has 0 radical (unpaired) electrons. The van der Waals surface area contributed by atoms with Gasteiger partial charge in [-0.05, 0) is 83.0 Å². The molecule has 4 aromatic rings. The molecule has 0 bridgehead atoms. The van der Waals surface area contributed by atoms with Crippen molar-refractivity contribution in [2.24, 2.45) is 5.92 Å². The Morgan fingerprint density at radius 3 is 2.83 bits per heavy atom. The van der Waals surface area contributed by atoms with Crippen LogP contribution in [0.5, 0.6) is 0 Å². The molecule has 0 saturated carbocycles. The van der Waals surface area contributed by atoms with Gasteiger partial charge < -0.3 is 0 Å². The summed E-state index contributed by atoms with van der Waals surface area (Å²) in [5, 5.41) is 4.53. The van der Waals surface area contributed by atoms with Crippen LogP contribution in [-0.2, 0) is 6.42 Å². The number of aromatic nitrogens is 2. The smallest absolute Gasteiger partial charge is 0.0732 e. The first-order valence-corrected chi connectivity index (χ1v) is 10.8. The first-order valence-electron chi connectivity index (χ1n) is 10.5. The van der Waals surface area contributed by atoms with E-state index >= 15 is 0 Å². The summed E-state index contributed by atoms with van der Waals surface area (Å²) in [6.07, 6.45) is 13.6. The summed E-state index contributed by atoms with van der Waals surface area (Å²) in [6.45, 7) is 2.37. The predicted octanol–water partition coefficient (Wildman–Crippen LogP) is 7.42. The Labute approximate surface area is 181 Å². The van der Waals surface area contributed by atoms with Gasteiger partial charge in [0, 0.05) is 29.0 Å². The predicted molar refractivity (Wildman–Crippen MR) is 127 cm³/mol. The van der Waals surface area contributed by atoms with E-state index in [9.17, 15) is 0 Å². The normalized spacial score (nSPS) is 17.3. The van der Waals surface area contributed by atoms with E-state index in [1.165, 1.54) is 40.3 Å². The Bertz CT molecular complexity index is 1240. The van der Waals surface area contributed by atoms with Gasteiger partial charge in [-0.2, -0.15) is 0 Å². The van der Waals surface area contributed by atoms with Crippen LogP contribution in [0.4, 0.5) is 0 Å². The minimum Gasteiger partial charge on any atom is -0.264 e. The van der Waals surface area contributed by atoms with Crippen LogP contribution in [0, 0.1) is 5.92 Å². The number of benzene rings is 2. The van der Waals surface area contributed by atoms with Crippen molar-refractivity contribution in [1.82, 2.24) is 9.97 Å². The molecule has 6 rings (SSSR count). The van der Waals surface area contributed by atoms with Crippen LogP contribution in [0.25, 0.3) is 27.2 Å². The zero-order chi connectivity index (χ0) is 20.5. The lowest BCUT2D eigenvalue weighted by Gasteiger charge is -2.30. The Hall–Kier alpha value is -2.97. The van der Waals surface area contributed by atoms with Gasteiger partial charge in [0.1, 0.15) is 0 Å². The maximum Gasteiger partial charge on any atom is 0.0732 e. The molecule has 0 saturated heterocycles. The van der Waals surface area contributed by atoms with E-state index in [4.69, 9.17) is 11.6 Å². The summed E-state index contributed by atoms with van der Waals surface area (Å²) < 4.78 is 0. The van der Waals surface area contributed by atoms with Crippen molar-refractivity contribution in [3.05, 3.63) is 101 Å². The Balaban J connectivity index is 0.000000161. The highest BCUT2D eigenvalue weighted by atomic mass is 35.5. The highest BCUT2D eigenvalue weighted by molar-refractivity contribution is 6.31. The first-order chi connectivity index (χ1) is 14.7. The molecule has 0 amide bonds. The number of hydrogen-bond acceptors (Lipinski definition) is 2. The zero-order valence-corrected chi connectivity index (χ0v) is 17.7. The average molecular weight is 411 g/mol. The van der Waals surface area contributed by atoms with Crippen molar-refractivity contribution in [2.45, 2.75) is 26.2 Å². The third-order valence-electron chi connectivity index (χ3n) is 6.10. The second kappa shape index (κ2) is 8.04. The van der Waals surface area contributed by atoms with E-state index in [2.05, 4.69) is 53.3 Å². The maximum absolute atomic E-state index is 6.12. The topological polar surface area (TPSA) is 25.8 Å². The highest BCUT2D eigenvalue weighted by Gasteiger charge is 2.25. The van der Waals surface area contributed by atoms with Crippen molar-refractivity contribution in [3.8, 4) is 0 Å². The minimum absolute atomic E-state index is 0.656. The zero-order valence-electron chi connectivity index (χ0n) is 17.0. The van der Waals surface area contributed by atoms with Crippen molar-refractivity contribution in [1.29, 1.82) is 0 Å². The van der Waals surface area contributed by atoms with Crippen molar-refractivity contribution >= 4 is 38.8 Å². The van der Waals surface area contributed by atoms with E-state index in [1.54, 1.807) is 18.0 Å². The monoisotopic (exact) mass is 410 g/mol. The lowest BCUT2D eigenvalue weighted by Crippen LogP contribution is -2.15. The Morgan fingerprint density at radius 1 is 1.00 bits per heavy atom. The van der Waals surface area contributed by atoms with Gasteiger partial charge in [0.2, 0.25) is 0 Å². The number of rotatable bonds is 0. The molecular weight excluding hydrogens is 388 g/mol. The molecule has 0 aliphatic heterocycles. The third-order valence-corrected chi connectivity index (χ3v) is 6.34. The quantitative estimate of drug-likeness (QED) is 0.301.